The molecule has 1 aromatic heterocycles. The van der Waals surface area contributed by atoms with Crippen LogP contribution in [0.2, 0.25) is 0 Å². The Morgan fingerprint density at radius 3 is 2.88 bits per heavy atom. The first kappa shape index (κ1) is 9.11. The van der Waals surface area contributed by atoms with Crippen LogP contribution in [0.4, 0.5) is 0 Å². The van der Waals surface area contributed by atoms with Gasteiger partial charge in [-0.2, -0.15) is 0 Å². The molecule has 0 aliphatic carbocycles. The number of imidazole rings is 1. The molecule has 1 aliphatic rings. The summed E-state index contributed by atoms with van der Waals surface area (Å²) in [6.07, 6.45) is 3.13. The molecule has 16 heavy (non-hydrogen) atoms. The maximum absolute atomic E-state index is 11.7. The van der Waals surface area contributed by atoms with Gasteiger partial charge in [0.15, 0.2) is 5.82 Å². The Kier molecular flexibility index (Phi) is 1.67. The molecule has 0 spiro atoms. The normalized spacial score (nSPS) is 22.9. The lowest BCUT2D eigenvalue weighted by Crippen LogP contribution is -2.41. The summed E-state index contributed by atoms with van der Waals surface area (Å²) in [7, 11) is 0. The summed E-state index contributed by atoms with van der Waals surface area (Å²) in [5.41, 5.74) is -0.548. The van der Waals surface area contributed by atoms with Crippen molar-refractivity contribution in [3.8, 4) is 0 Å². The highest BCUT2D eigenvalue weighted by molar-refractivity contribution is 6.00. The number of rotatable bonds is 1. The van der Waals surface area contributed by atoms with Gasteiger partial charge >= 0.3 is 0 Å². The number of nitrogens with one attached hydrogen (secondary N) is 2. The van der Waals surface area contributed by atoms with Crippen LogP contribution in [-0.2, 0) is 5.72 Å². The van der Waals surface area contributed by atoms with Gasteiger partial charge in [0.2, 0.25) is 5.72 Å². The Balaban J connectivity index is 2.23. The van der Waals surface area contributed by atoms with Crippen molar-refractivity contribution < 1.29 is 9.90 Å². The molecule has 3 rings (SSSR count). The van der Waals surface area contributed by atoms with Crippen molar-refractivity contribution in [1.29, 1.82) is 0 Å². The number of aliphatic hydroxyl groups is 1. The number of carbonyl (C=O) groups is 1. The molecule has 1 atom stereocenters. The van der Waals surface area contributed by atoms with Gasteiger partial charge in [0, 0.05) is 23.5 Å². The van der Waals surface area contributed by atoms with Gasteiger partial charge in [0.05, 0.1) is 0 Å². The lowest BCUT2D eigenvalue weighted by Gasteiger charge is -2.20. The van der Waals surface area contributed by atoms with Crippen LogP contribution in [0.1, 0.15) is 21.7 Å². The van der Waals surface area contributed by atoms with E-state index < -0.39 is 5.72 Å². The third-order valence-electron chi connectivity index (χ3n) is 2.70. The van der Waals surface area contributed by atoms with E-state index in [9.17, 15) is 9.90 Å². The number of hydrogen-bond donors (Lipinski definition) is 3. The number of carbonyl (C=O) groups excluding carboxylic acids is 1. The van der Waals surface area contributed by atoms with Gasteiger partial charge in [-0.1, -0.05) is 18.2 Å². The van der Waals surface area contributed by atoms with E-state index in [4.69, 9.17) is 0 Å². The van der Waals surface area contributed by atoms with Crippen LogP contribution in [0.3, 0.4) is 0 Å². The third kappa shape index (κ3) is 1.03. The lowest BCUT2D eigenvalue weighted by atomic mass is 10.0. The van der Waals surface area contributed by atoms with Gasteiger partial charge in [-0.15, -0.1) is 0 Å². The zero-order chi connectivity index (χ0) is 11.2. The zero-order valence-corrected chi connectivity index (χ0v) is 8.27. The van der Waals surface area contributed by atoms with Crippen molar-refractivity contribution in [2.24, 2.45) is 0 Å². The van der Waals surface area contributed by atoms with E-state index in [0.717, 1.165) is 0 Å². The molecule has 2 aromatic rings. The average molecular weight is 215 g/mol. The summed E-state index contributed by atoms with van der Waals surface area (Å²) < 4.78 is 0. The summed E-state index contributed by atoms with van der Waals surface area (Å²) >= 11 is 0. The van der Waals surface area contributed by atoms with Crippen LogP contribution in [0, 0.1) is 0 Å². The Labute approximate surface area is 91.1 Å². The minimum atomic E-state index is -1.54. The van der Waals surface area contributed by atoms with Crippen molar-refractivity contribution in [3.05, 3.63) is 53.6 Å². The predicted octanol–water partition coefficient (Wildman–Crippen LogP) is 0.346. The molecule has 2 heterocycles. The van der Waals surface area contributed by atoms with Crippen LogP contribution < -0.4 is 5.32 Å². The molecule has 1 amide bonds. The molecule has 0 radical (unpaired) electrons. The van der Waals surface area contributed by atoms with E-state index in [-0.39, 0.29) is 5.91 Å². The fraction of sp³-hybridized carbons (Fsp3) is 0.0909. The van der Waals surface area contributed by atoms with E-state index in [0.29, 0.717) is 17.0 Å². The molecule has 80 valence electrons. The highest BCUT2D eigenvalue weighted by Gasteiger charge is 2.44. The van der Waals surface area contributed by atoms with Crippen molar-refractivity contribution in [2.75, 3.05) is 0 Å². The third-order valence-corrected chi connectivity index (χ3v) is 2.70. The molecule has 3 N–H and O–H groups in total. The molecule has 0 fully saturated rings. The van der Waals surface area contributed by atoms with Gasteiger partial charge in [-0.3, -0.25) is 4.79 Å². The molecule has 0 bridgehead atoms. The number of benzene rings is 1. The highest BCUT2D eigenvalue weighted by atomic mass is 16.3. The number of aromatic amines is 1. The maximum atomic E-state index is 11.7. The Morgan fingerprint density at radius 1 is 1.31 bits per heavy atom. The summed E-state index contributed by atoms with van der Waals surface area (Å²) in [4.78, 5) is 18.5. The highest BCUT2D eigenvalue weighted by Crippen LogP contribution is 2.32. The Hall–Kier alpha value is -2.14. The fourth-order valence-corrected chi connectivity index (χ4v) is 1.95. The average Bonchev–Trinajstić information content (AvgIpc) is 2.89. The number of amides is 1. The summed E-state index contributed by atoms with van der Waals surface area (Å²) in [6, 6.07) is 6.90. The quantitative estimate of drug-likeness (QED) is 0.642. The fourth-order valence-electron chi connectivity index (χ4n) is 1.95. The minimum absolute atomic E-state index is 0.297. The first-order valence-electron chi connectivity index (χ1n) is 4.86. The van der Waals surface area contributed by atoms with Crippen LogP contribution >= 0.6 is 0 Å². The molecule has 5 nitrogen and oxygen atoms in total. The first-order valence-corrected chi connectivity index (χ1v) is 4.86. The Bertz CT molecular complexity index is 550. The standard InChI is InChI=1S/C11H9N3O2/c15-9-7-3-1-2-4-8(7)11(16,14-9)10-12-5-6-13-10/h1-6,16H,(H,12,13)(H,14,15). The molecule has 1 aromatic carbocycles. The van der Waals surface area contributed by atoms with Gasteiger partial charge in [-0.25, -0.2) is 4.98 Å². The van der Waals surface area contributed by atoms with Crippen molar-refractivity contribution >= 4 is 5.91 Å². The molecule has 1 aliphatic heterocycles. The van der Waals surface area contributed by atoms with Crippen LogP contribution in [0.25, 0.3) is 0 Å². The summed E-state index contributed by atoms with van der Waals surface area (Å²) in [5, 5.41) is 13.0. The maximum Gasteiger partial charge on any atom is 0.254 e. The second-order valence-electron chi connectivity index (χ2n) is 3.65. The molecule has 1 unspecified atom stereocenters. The monoisotopic (exact) mass is 215 g/mol. The SMILES string of the molecule is O=C1NC(O)(c2ncc[nH]2)c2ccccc21. The number of nitrogens with zero attached hydrogens (tertiary/aromatic N) is 1. The van der Waals surface area contributed by atoms with Gasteiger partial charge in [0.1, 0.15) is 0 Å². The molecule has 0 saturated carbocycles. The summed E-state index contributed by atoms with van der Waals surface area (Å²) in [6.45, 7) is 0. The molecule has 5 heteroatoms. The van der Waals surface area contributed by atoms with E-state index >= 15 is 0 Å². The Morgan fingerprint density at radius 2 is 2.12 bits per heavy atom. The number of H-pyrrole nitrogens is 1. The van der Waals surface area contributed by atoms with E-state index in [1.165, 1.54) is 6.20 Å². The van der Waals surface area contributed by atoms with Crippen LogP contribution in [0.15, 0.2) is 36.7 Å². The molecule has 0 saturated heterocycles. The zero-order valence-electron chi connectivity index (χ0n) is 8.27. The van der Waals surface area contributed by atoms with Gasteiger partial charge < -0.3 is 15.4 Å². The van der Waals surface area contributed by atoms with Crippen molar-refractivity contribution in [3.63, 3.8) is 0 Å². The molecular weight excluding hydrogens is 206 g/mol. The number of fused-ring (bicyclic) bond motifs is 1. The van der Waals surface area contributed by atoms with Crippen LogP contribution in [0.5, 0.6) is 0 Å². The summed E-state index contributed by atoms with van der Waals surface area (Å²) in [5.74, 6) is 0.0142. The minimum Gasteiger partial charge on any atom is -0.361 e. The van der Waals surface area contributed by atoms with E-state index in [2.05, 4.69) is 15.3 Å². The van der Waals surface area contributed by atoms with E-state index in [1.54, 1.807) is 30.5 Å². The lowest BCUT2D eigenvalue weighted by molar-refractivity contribution is 0.0415. The largest absolute Gasteiger partial charge is 0.361 e. The van der Waals surface area contributed by atoms with Crippen LogP contribution in [-0.4, -0.2) is 21.0 Å². The second-order valence-corrected chi connectivity index (χ2v) is 3.65. The van der Waals surface area contributed by atoms with Gasteiger partial charge in [0.25, 0.3) is 5.91 Å². The topological polar surface area (TPSA) is 78.0 Å². The molecular formula is C11H9N3O2. The number of aromatic nitrogens is 2. The van der Waals surface area contributed by atoms with Crippen molar-refractivity contribution in [1.82, 2.24) is 15.3 Å². The van der Waals surface area contributed by atoms with Crippen molar-refractivity contribution in [2.45, 2.75) is 5.72 Å². The second kappa shape index (κ2) is 2.93. The smallest absolute Gasteiger partial charge is 0.254 e. The van der Waals surface area contributed by atoms with E-state index in [1.807, 2.05) is 0 Å². The number of hydrogen-bond acceptors (Lipinski definition) is 3. The predicted molar refractivity (Wildman–Crippen MR) is 55.5 cm³/mol. The van der Waals surface area contributed by atoms with Gasteiger partial charge in [-0.05, 0) is 6.07 Å². The first-order chi connectivity index (χ1) is 7.72.